The van der Waals surface area contributed by atoms with E-state index in [1.807, 2.05) is 31.4 Å². The predicted molar refractivity (Wildman–Crippen MR) is 117 cm³/mol. The van der Waals surface area contributed by atoms with Gasteiger partial charge in [0, 0.05) is 35.5 Å². The van der Waals surface area contributed by atoms with Crippen LogP contribution in [-0.2, 0) is 18.3 Å². The van der Waals surface area contributed by atoms with Crippen LogP contribution in [0.1, 0.15) is 32.4 Å². The SMILES string of the molecule is CC(C)Cc1nc(NC(=O)C2CCNCC2)c(F)c2cc(-c3cnn(C)c3)ccc12. The monoisotopic (exact) mass is 409 g/mol. The molecule has 0 unspecified atom stereocenters. The lowest BCUT2D eigenvalue weighted by Gasteiger charge is -2.22. The van der Waals surface area contributed by atoms with Crippen LogP contribution in [-0.4, -0.2) is 33.8 Å². The van der Waals surface area contributed by atoms with Gasteiger partial charge in [-0.25, -0.2) is 9.37 Å². The van der Waals surface area contributed by atoms with Crippen LogP contribution >= 0.6 is 0 Å². The fourth-order valence-electron chi connectivity index (χ4n) is 4.03. The van der Waals surface area contributed by atoms with Crippen molar-refractivity contribution >= 4 is 22.5 Å². The Morgan fingerprint density at radius 1 is 1.27 bits per heavy atom. The van der Waals surface area contributed by atoms with E-state index in [0.29, 0.717) is 17.7 Å². The lowest BCUT2D eigenvalue weighted by atomic mass is 9.97. The molecule has 3 aromatic rings. The Morgan fingerprint density at radius 3 is 2.70 bits per heavy atom. The van der Waals surface area contributed by atoms with Crippen molar-refractivity contribution in [2.75, 3.05) is 18.4 Å². The van der Waals surface area contributed by atoms with Crippen LogP contribution in [0.4, 0.5) is 10.2 Å². The number of aromatic nitrogens is 3. The standard InChI is InChI=1S/C23H28FN5O/c1-14(2)10-20-18-5-4-16(17-12-26-29(3)13-17)11-19(18)21(24)22(27-20)28-23(30)15-6-8-25-9-7-15/h4-5,11-15,25H,6-10H2,1-3H3,(H,27,28,30). The molecular weight excluding hydrogens is 381 g/mol. The van der Waals surface area contributed by atoms with Crippen molar-refractivity contribution in [3.8, 4) is 11.1 Å². The number of rotatable bonds is 5. The molecule has 1 saturated heterocycles. The largest absolute Gasteiger partial charge is 0.317 e. The van der Waals surface area contributed by atoms with Gasteiger partial charge in [0.2, 0.25) is 5.91 Å². The Labute approximate surface area is 175 Å². The number of fused-ring (bicyclic) bond motifs is 1. The van der Waals surface area contributed by atoms with Crippen LogP contribution in [0, 0.1) is 17.7 Å². The van der Waals surface area contributed by atoms with Crippen molar-refractivity contribution in [3.63, 3.8) is 0 Å². The maximum Gasteiger partial charge on any atom is 0.228 e. The van der Waals surface area contributed by atoms with Gasteiger partial charge in [0.25, 0.3) is 0 Å². The van der Waals surface area contributed by atoms with Gasteiger partial charge in [-0.1, -0.05) is 26.0 Å². The molecule has 1 aliphatic heterocycles. The second-order valence-corrected chi connectivity index (χ2v) is 8.50. The highest BCUT2D eigenvalue weighted by atomic mass is 19.1. The molecule has 0 aliphatic carbocycles. The molecule has 7 heteroatoms. The average Bonchev–Trinajstić information content (AvgIpc) is 3.17. The van der Waals surface area contributed by atoms with Crippen LogP contribution < -0.4 is 10.6 Å². The second kappa shape index (κ2) is 8.52. The summed E-state index contributed by atoms with van der Waals surface area (Å²) in [7, 11) is 1.85. The summed E-state index contributed by atoms with van der Waals surface area (Å²) in [6.07, 6.45) is 5.87. The Kier molecular flexibility index (Phi) is 5.81. The molecule has 1 fully saturated rings. The molecular formula is C23H28FN5O. The average molecular weight is 410 g/mol. The van der Waals surface area contributed by atoms with Gasteiger partial charge in [-0.05, 0) is 49.9 Å². The molecule has 6 nitrogen and oxygen atoms in total. The topological polar surface area (TPSA) is 71.8 Å². The van der Waals surface area contributed by atoms with E-state index in [9.17, 15) is 4.79 Å². The van der Waals surface area contributed by atoms with Crippen molar-refractivity contribution in [3.05, 3.63) is 42.1 Å². The predicted octanol–water partition coefficient (Wildman–Crippen LogP) is 3.91. The molecule has 4 rings (SSSR count). The zero-order valence-electron chi connectivity index (χ0n) is 17.7. The van der Waals surface area contributed by atoms with Crippen molar-refractivity contribution in [2.24, 2.45) is 18.9 Å². The molecule has 2 N–H and O–H groups in total. The number of anilines is 1. The van der Waals surface area contributed by atoms with Crippen molar-refractivity contribution < 1.29 is 9.18 Å². The molecule has 0 bridgehead atoms. The highest BCUT2D eigenvalue weighted by Gasteiger charge is 2.24. The van der Waals surface area contributed by atoms with Gasteiger partial charge in [0.15, 0.2) is 11.6 Å². The van der Waals surface area contributed by atoms with Gasteiger partial charge < -0.3 is 10.6 Å². The minimum absolute atomic E-state index is 0.0324. The third-order valence-corrected chi connectivity index (χ3v) is 5.61. The second-order valence-electron chi connectivity index (χ2n) is 8.50. The summed E-state index contributed by atoms with van der Waals surface area (Å²) in [6.45, 7) is 5.82. The van der Waals surface area contributed by atoms with Crippen LogP contribution in [0.3, 0.4) is 0 Å². The molecule has 158 valence electrons. The highest BCUT2D eigenvalue weighted by molar-refractivity contribution is 5.96. The number of hydrogen-bond donors (Lipinski definition) is 2. The van der Waals surface area contributed by atoms with Crippen molar-refractivity contribution in [1.82, 2.24) is 20.1 Å². The molecule has 0 atom stereocenters. The Hall–Kier alpha value is -2.80. The molecule has 1 aliphatic rings. The number of nitrogens with zero attached hydrogens (tertiary/aromatic N) is 3. The van der Waals surface area contributed by atoms with Gasteiger partial charge in [-0.3, -0.25) is 9.48 Å². The normalized spacial score (nSPS) is 15.1. The van der Waals surface area contributed by atoms with E-state index in [4.69, 9.17) is 0 Å². The number of nitrogens with one attached hydrogen (secondary N) is 2. The summed E-state index contributed by atoms with van der Waals surface area (Å²) < 4.78 is 17.2. The minimum atomic E-state index is -0.481. The molecule has 0 spiro atoms. The molecule has 1 aromatic carbocycles. The number of benzene rings is 1. The number of piperidine rings is 1. The quantitative estimate of drug-likeness (QED) is 0.670. The van der Waals surface area contributed by atoms with E-state index < -0.39 is 5.82 Å². The van der Waals surface area contributed by atoms with E-state index in [1.54, 1.807) is 10.9 Å². The van der Waals surface area contributed by atoms with Crippen molar-refractivity contribution in [1.29, 1.82) is 0 Å². The van der Waals surface area contributed by atoms with E-state index in [0.717, 1.165) is 48.1 Å². The van der Waals surface area contributed by atoms with Gasteiger partial charge in [0.1, 0.15) is 0 Å². The van der Waals surface area contributed by atoms with Gasteiger partial charge >= 0.3 is 0 Å². The summed E-state index contributed by atoms with van der Waals surface area (Å²) in [5.41, 5.74) is 2.60. The third-order valence-electron chi connectivity index (χ3n) is 5.61. The van der Waals surface area contributed by atoms with Crippen LogP contribution in [0.2, 0.25) is 0 Å². The number of pyridine rings is 1. The summed E-state index contributed by atoms with van der Waals surface area (Å²) >= 11 is 0. The Bertz CT molecular complexity index is 1070. The number of aryl methyl sites for hydroxylation is 1. The van der Waals surface area contributed by atoms with Gasteiger partial charge in [0.05, 0.1) is 11.9 Å². The maximum absolute atomic E-state index is 15.5. The summed E-state index contributed by atoms with van der Waals surface area (Å²) in [5.74, 6) is -0.354. The fourth-order valence-corrected chi connectivity index (χ4v) is 4.03. The minimum Gasteiger partial charge on any atom is -0.317 e. The Morgan fingerprint density at radius 2 is 2.03 bits per heavy atom. The lowest BCUT2D eigenvalue weighted by molar-refractivity contribution is -0.120. The van der Waals surface area contributed by atoms with Gasteiger partial charge in [-0.2, -0.15) is 5.10 Å². The van der Waals surface area contributed by atoms with Crippen LogP contribution in [0.25, 0.3) is 21.9 Å². The maximum atomic E-state index is 15.5. The van der Waals surface area contributed by atoms with E-state index in [1.165, 1.54) is 0 Å². The molecule has 0 radical (unpaired) electrons. The lowest BCUT2D eigenvalue weighted by Crippen LogP contribution is -2.35. The van der Waals surface area contributed by atoms with Crippen LogP contribution in [0.15, 0.2) is 30.6 Å². The number of carbonyl (C=O) groups excluding carboxylic acids is 1. The first-order valence-electron chi connectivity index (χ1n) is 10.5. The number of amides is 1. The molecule has 3 heterocycles. The third kappa shape index (κ3) is 4.21. The zero-order valence-corrected chi connectivity index (χ0v) is 17.7. The smallest absolute Gasteiger partial charge is 0.228 e. The van der Waals surface area contributed by atoms with Crippen LogP contribution in [0.5, 0.6) is 0 Å². The number of carbonyl (C=O) groups is 1. The molecule has 30 heavy (non-hydrogen) atoms. The van der Waals surface area contributed by atoms with E-state index in [2.05, 4.69) is 34.6 Å². The Balaban J connectivity index is 1.76. The van der Waals surface area contributed by atoms with Crippen molar-refractivity contribution in [2.45, 2.75) is 33.1 Å². The number of halogens is 1. The van der Waals surface area contributed by atoms with E-state index >= 15 is 4.39 Å². The zero-order chi connectivity index (χ0) is 21.3. The summed E-state index contributed by atoms with van der Waals surface area (Å²) in [6, 6.07) is 5.72. The van der Waals surface area contributed by atoms with E-state index in [-0.39, 0.29) is 17.6 Å². The molecule has 1 amide bonds. The fraction of sp³-hybridized carbons (Fsp3) is 0.435. The first kappa shape index (κ1) is 20.5. The first-order valence-corrected chi connectivity index (χ1v) is 10.5. The summed E-state index contributed by atoms with van der Waals surface area (Å²) in [5, 5.41) is 11.5. The van der Waals surface area contributed by atoms with Gasteiger partial charge in [-0.15, -0.1) is 0 Å². The highest BCUT2D eigenvalue weighted by Crippen LogP contribution is 2.31. The first-order chi connectivity index (χ1) is 14.4. The summed E-state index contributed by atoms with van der Waals surface area (Å²) in [4.78, 5) is 17.3. The number of hydrogen-bond acceptors (Lipinski definition) is 4. The molecule has 0 saturated carbocycles. The molecule has 2 aromatic heterocycles.